The largest absolute Gasteiger partial charge is 0.355 e. The van der Waals surface area contributed by atoms with Crippen LogP contribution in [0.4, 0.5) is 11.4 Å². The fourth-order valence-electron chi connectivity index (χ4n) is 4.15. The topological polar surface area (TPSA) is 12.0 Å². The summed E-state index contributed by atoms with van der Waals surface area (Å²) < 4.78 is 0. The van der Waals surface area contributed by atoms with Crippen LogP contribution in [0.25, 0.3) is 22.3 Å². The van der Waals surface area contributed by atoms with Crippen molar-refractivity contribution in [1.29, 1.82) is 0 Å². The Morgan fingerprint density at radius 1 is 0.516 bits per heavy atom. The van der Waals surface area contributed by atoms with Crippen LogP contribution in [0.5, 0.6) is 0 Å². The first-order valence-electron chi connectivity index (χ1n) is 11.4. The van der Waals surface area contributed by atoms with Crippen molar-refractivity contribution in [2.45, 2.75) is 39.5 Å². The highest BCUT2D eigenvalue weighted by atomic mass is 14.9. The number of hydrogen-bond acceptors (Lipinski definition) is 1. The molecule has 4 aromatic rings. The van der Waals surface area contributed by atoms with Gasteiger partial charge in [-0.3, -0.25) is 0 Å². The average molecular weight is 406 g/mol. The van der Waals surface area contributed by atoms with Crippen molar-refractivity contribution in [2.75, 3.05) is 5.32 Å². The van der Waals surface area contributed by atoms with Crippen molar-refractivity contribution < 1.29 is 0 Å². The molecule has 4 aromatic carbocycles. The van der Waals surface area contributed by atoms with E-state index >= 15 is 0 Å². The number of hydrogen-bond donors (Lipinski definition) is 1. The first kappa shape index (κ1) is 20.9. The molecule has 1 N–H and O–H groups in total. The van der Waals surface area contributed by atoms with E-state index in [2.05, 4.69) is 116 Å². The Hall–Kier alpha value is -3.32. The van der Waals surface area contributed by atoms with Gasteiger partial charge in [0.05, 0.1) is 0 Å². The zero-order valence-corrected chi connectivity index (χ0v) is 18.6. The Morgan fingerprint density at radius 2 is 0.935 bits per heavy atom. The van der Waals surface area contributed by atoms with E-state index in [9.17, 15) is 0 Å². The third kappa shape index (κ3) is 5.06. The van der Waals surface area contributed by atoms with Gasteiger partial charge in [-0.1, -0.05) is 99.5 Å². The van der Waals surface area contributed by atoms with Gasteiger partial charge in [0.15, 0.2) is 0 Å². The van der Waals surface area contributed by atoms with E-state index in [4.69, 9.17) is 0 Å². The Balaban J connectivity index is 1.79. The molecule has 0 spiro atoms. The smallest absolute Gasteiger partial charge is 0.0464 e. The molecule has 0 saturated carbocycles. The molecule has 156 valence electrons. The van der Waals surface area contributed by atoms with Crippen molar-refractivity contribution >= 4 is 11.4 Å². The molecule has 31 heavy (non-hydrogen) atoms. The zero-order chi connectivity index (χ0) is 21.5. The molecular weight excluding hydrogens is 374 g/mol. The van der Waals surface area contributed by atoms with E-state index in [1.165, 1.54) is 33.4 Å². The van der Waals surface area contributed by atoms with Crippen molar-refractivity contribution in [1.82, 2.24) is 0 Å². The Labute approximate surface area is 186 Å². The van der Waals surface area contributed by atoms with Crippen LogP contribution in [0, 0.1) is 0 Å². The predicted molar refractivity (Wildman–Crippen MR) is 135 cm³/mol. The summed E-state index contributed by atoms with van der Waals surface area (Å²) in [6.45, 7) is 4.47. The van der Waals surface area contributed by atoms with Gasteiger partial charge in [-0.25, -0.2) is 0 Å². The summed E-state index contributed by atoms with van der Waals surface area (Å²) in [6.07, 6.45) is 4.50. The average Bonchev–Trinajstić information content (AvgIpc) is 2.82. The standard InChI is InChI=1S/C30H31N/c1-3-11-23-17-19-29(27(21-23)25-13-7-5-8-14-25)31-30-20-18-24(12-4-2)22-28(30)26-15-9-6-10-16-26/h5-10,13-22,31H,3-4,11-12H2,1-2H3. The minimum atomic E-state index is 1.10. The Morgan fingerprint density at radius 3 is 1.32 bits per heavy atom. The van der Waals surface area contributed by atoms with Gasteiger partial charge >= 0.3 is 0 Å². The number of rotatable bonds is 8. The van der Waals surface area contributed by atoms with Gasteiger partial charge < -0.3 is 5.32 Å². The fourth-order valence-corrected chi connectivity index (χ4v) is 4.15. The summed E-state index contributed by atoms with van der Waals surface area (Å²) in [5.74, 6) is 0. The molecule has 0 aliphatic heterocycles. The third-order valence-electron chi connectivity index (χ3n) is 5.68. The zero-order valence-electron chi connectivity index (χ0n) is 18.6. The molecule has 4 rings (SSSR count). The first-order valence-corrected chi connectivity index (χ1v) is 11.4. The van der Waals surface area contributed by atoms with E-state index in [0.29, 0.717) is 0 Å². The molecule has 0 aliphatic carbocycles. The molecule has 0 heterocycles. The number of nitrogens with one attached hydrogen (secondary N) is 1. The van der Waals surface area contributed by atoms with Crippen LogP contribution in [0.1, 0.15) is 37.8 Å². The maximum atomic E-state index is 3.78. The Kier molecular flexibility index (Phi) is 6.84. The van der Waals surface area contributed by atoms with Crippen molar-refractivity contribution in [3.8, 4) is 22.3 Å². The second-order valence-corrected chi connectivity index (χ2v) is 8.12. The summed E-state index contributed by atoms with van der Waals surface area (Å²) in [5.41, 5.74) is 10.0. The van der Waals surface area contributed by atoms with E-state index in [1.807, 2.05) is 0 Å². The van der Waals surface area contributed by atoms with Crippen LogP contribution < -0.4 is 5.32 Å². The first-order chi connectivity index (χ1) is 15.3. The van der Waals surface area contributed by atoms with Crippen LogP contribution in [-0.4, -0.2) is 0 Å². The van der Waals surface area contributed by atoms with E-state index in [0.717, 1.165) is 37.1 Å². The predicted octanol–water partition coefficient (Wildman–Crippen LogP) is 8.67. The van der Waals surface area contributed by atoms with Crippen molar-refractivity contribution in [3.05, 3.63) is 108 Å². The van der Waals surface area contributed by atoms with Gasteiger partial charge in [-0.2, -0.15) is 0 Å². The molecular formula is C30H31N. The maximum Gasteiger partial charge on any atom is 0.0464 e. The quantitative estimate of drug-likeness (QED) is 0.309. The molecule has 0 atom stereocenters. The SMILES string of the molecule is CCCc1ccc(Nc2ccc(CCC)cc2-c2ccccc2)c(-c2ccccc2)c1. The minimum absolute atomic E-state index is 1.10. The van der Waals surface area contributed by atoms with Crippen molar-refractivity contribution in [3.63, 3.8) is 0 Å². The number of aryl methyl sites for hydroxylation is 2. The molecule has 0 unspecified atom stereocenters. The van der Waals surface area contributed by atoms with Gasteiger partial charge in [-0.05, 0) is 59.4 Å². The van der Waals surface area contributed by atoms with Gasteiger partial charge in [0.1, 0.15) is 0 Å². The molecule has 0 aromatic heterocycles. The number of anilines is 2. The highest BCUT2D eigenvalue weighted by Gasteiger charge is 2.11. The summed E-state index contributed by atoms with van der Waals surface area (Å²) in [7, 11) is 0. The van der Waals surface area contributed by atoms with Crippen LogP contribution in [0.15, 0.2) is 97.1 Å². The maximum absolute atomic E-state index is 3.78. The normalized spacial score (nSPS) is 10.8. The molecule has 0 radical (unpaired) electrons. The van der Waals surface area contributed by atoms with E-state index in [-0.39, 0.29) is 0 Å². The molecule has 1 nitrogen and oxygen atoms in total. The van der Waals surface area contributed by atoms with Gasteiger partial charge in [-0.15, -0.1) is 0 Å². The van der Waals surface area contributed by atoms with Gasteiger partial charge in [0.2, 0.25) is 0 Å². The van der Waals surface area contributed by atoms with Crippen molar-refractivity contribution in [2.24, 2.45) is 0 Å². The molecule has 0 saturated heterocycles. The second kappa shape index (κ2) is 10.1. The number of benzene rings is 4. The summed E-state index contributed by atoms with van der Waals surface area (Å²) in [6, 6.07) is 35.0. The summed E-state index contributed by atoms with van der Waals surface area (Å²) >= 11 is 0. The van der Waals surface area contributed by atoms with E-state index in [1.54, 1.807) is 0 Å². The Bertz CT molecular complexity index is 1020. The third-order valence-corrected chi connectivity index (χ3v) is 5.68. The molecule has 0 amide bonds. The highest BCUT2D eigenvalue weighted by Crippen LogP contribution is 2.36. The lowest BCUT2D eigenvalue weighted by Gasteiger charge is -2.18. The minimum Gasteiger partial charge on any atom is -0.355 e. The highest BCUT2D eigenvalue weighted by molar-refractivity contribution is 5.87. The lowest BCUT2D eigenvalue weighted by molar-refractivity contribution is 0.922. The molecule has 0 aliphatic rings. The van der Waals surface area contributed by atoms with Crippen LogP contribution in [0.2, 0.25) is 0 Å². The van der Waals surface area contributed by atoms with Crippen LogP contribution >= 0.6 is 0 Å². The lowest BCUT2D eigenvalue weighted by Crippen LogP contribution is -1.98. The monoisotopic (exact) mass is 405 g/mol. The van der Waals surface area contributed by atoms with Gasteiger partial charge in [0.25, 0.3) is 0 Å². The molecule has 0 fully saturated rings. The molecule has 1 heteroatoms. The van der Waals surface area contributed by atoms with Crippen LogP contribution in [0.3, 0.4) is 0 Å². The summed E-state index contributed by atoms with van der Waals surface area (Å²) in [4.78, 5) is 0. The van der Waals surface area contributed by atoms with Crippen LogP contribution in [-0.2, 0) is 12.8 Å². The fraction of sp³-hybridized carbons (Fsp3) is 0.200. The second-order valence-electron chi connectivity index (χ2n) is 8.12. The van der Waals surface area contributed by atoms with E-state index < -0.39 is 0 Å². The van der Waals surface area contributed by atoms with Gasteiger partial charge in [0, 0.05) is 22.5 Å². The summed E-state index contributed by atoms with van der Waals surface area (Å²) in [5, 5.41) is 3.78. The lowest BCUT2D eigenvalue weighted by atomic mass is 9.97. The molecule has 0 bridgehead atoms.